The van der Waals surface area contributed by atoms with Crippen LogP contribution in [0.3, 0.4) is 0 Å². The van der Waals surface area contributed by atoms with Crippen LogP contribution in [0.1, 0.15) is 18.4 Å². The number of pyridine rings is 1. The van der Waals surface area contributed by atoms with Crippen LogP contribution < -0.4 is 5.32 Å². The average molecular weight is 240 g/mol. The monoisotopic (exact) mass is 239 g/mol. The summed E-state index contributed by atoms with van der Waals surface area (Å²) in [4.78, 5) is 6.47. The molecule has 1 N–H and O–H groups in total. The van der Waals surface area contributed by atoms with Gasteiger partial charge in [-0.2, -0.15) is 0 Å². The van der Waals surface area contributed by atoms with Gasteiger partial charge in [-0.3, -0.25) is 4.98 Å². The molecule has 4 heteroatoms. The summed E-state index contributed by atoms with van der Waals surface area (Å²) in [6, 6.07) is 1.96. The van der Waals surface area contributed by atoms with Gasteiger partial charge < -0.3 is 10.2 Å². The van der Waals surface area contributed by atoms with E-state index in [-0.39, 0.29) is 0 Å². The second-order valence-corrected chi connectivity index (χ2v) is 4.60. The van der Waals surface area contributed by atoms with Crippen LogP contribution in [0.2, 0.25) is 5.02 Å². The first-order valence-electron chi connectivity index (χ1n) is 5.88. The van der Waals surface area contributed by atoms with Crippen LogP contribution in [-0.4, -0.2) is 36.1 Å². The normalized spacial score (nSPS) is 16.8. The highest BCUT2D eigenvalue weighted by atomic mass is 35.5. The van der Waals surface area contributed by atoms with E-state index in [2.05, 4.69) is 15.2 Å². The minimum atomic E-state index is 0.746. The van der Waals surface area contributed by atoms with Gasteiger partial charge in [0.25, 0.3) is 0 Å². The Morgan fingerprint density at radius 2 is 2.19 bits per heavy atom. The Bertz CT molecular complexity index is 324. The number of aromatic nitrogens is 1. The van der Waals surface area contributed by atoms with Crippen molar-refractivity contribution in [2.45, 2.75) is 19.4 Å². The molecular weight excluding hydrogens is 222 g/mol. The van der Waals surface area contributed by atoms with E-state index in [1.165, 1.54) is 25.9 Å². The first-order chi connectivity index (χ1) is 7.86. The van der Waals surface area contributed by atoms with Crippen LogP contribution in [-0.2, 0) is 6.54 Å². The van der Waals surface area contributed by atoms with Crippen molar-refractivity contribution < 1.29 is 0 Å². The predicted molar refractivity (Wildman–Crippen MR) is 66.6 cm³/mol. The first kappa shape index (κ1) is 11.8. The van der Waals surface area contributed by atoms with Gasteiger partial charge in [-0.1, -0.05) is 11.6 Å². The maximum atomic E-state index is 6.02. The van der Waals surface area contributed by atoms with E-state index in [9.17, 15) is 0 Å². The highest BCUT2D eigenvalue weighted by Gasteiger charge is 2.10. The zero-order valence-electron chi connectivity index (χ0n) is 9.45. The quantitative estimate of drug-likeness (QED) is 0.796. The van der Waals surface area contributed by atoms with E-state index in [0.717, 1.165) is 30.2 Å². The molecule has 1 aliphatic heterocycles. The summed E-state index contributed by atoms with van der Waals surface area (Å²) in [6.45, 7) is 5.52. The van der Waals surface area contributed by atoms with E-state index in [1.54, 1.807) is 12.4 Å². The average Bonchev–Trinajstić information content (AvgIpc) is 2.79. The van der Waals surface area contributed by atoms with Gasteiger partial charge in [0.15, 0.2) is 0 Å². The van der Waals surface area contributed by atoms with Crippen molar-refractivity contribution in [1.29, 1.82) is 0 Å². The van der Waals surface area contributed by atoms with E-state index >= 15 is 0 Å². The molecule has 0 unspecified atom stereocenters. The molecule has 0 radical (unpaired) electrons. The number of nitrogens with zero attached hydrogens (tertiary/aromatic N) is 2. The van der Waals surface area contributed by atoms with E-state index in [4.69, 9.17) is 11.6 Å². The lowest BCUT2D eigenvalue weighted by molar-refractivity contribution is 0.335. The van der Waals surface area contributed by atoms with E-state index in [0.29, 0.717) is 0 Å². The van der Waals surface area contributed by atoms with Gasteiger partial charge in [0.1, 0.15) is 0 Å². The van der Waals surface area contributed by atoms with E-state index < -0.39 is 0 Å². The third-order valence-electron chi connectivity index (χ3n) is 2.98. The highest BCUT2D eigenvalue weighted by molar-refractivity contribution is 6.31. The number of rotatable bonds is 5. The Hall–Kier alpha value is -0.640. The highest BCUT2D eigenvalue weighted by Crippen LogP contribution is 2.12. The molecule has 0 saturated carbocycles. The topological polar surface area (TPSA) is 28.2 Å². The van der Waals surface area contributed by atoms with Crippen molar-refractivity contribution in [3.05, 3.63) is 29.0 Å². The third-order valence-corrected chi connectivity index (χ3v) is 3.32. The molecule has 0 amide bonds. The maximum Gasteiger partial charge on any atom is 0.0634 e. The van der Waals surface area contributed by atoms with Crippen molar-refractivity contribution in [3.63, 3.8) is 0 Å². The first-order valence-corrected chi connectivity index (χ1v) is 6.25. The maximum absolute atomic E-state index is 6.02. The molecular formula is C12H18ClN3. The molecule has 0 bridgehead atoms. The van der Waals surface area contributed by atoms with Gasteiger partial charge in [0.05, 0.1) is 5.02 Å². The molecule has 0 aromatic carbocycles. The van der Waals surface area contributed by atoms with Crippen molar-refractivity contribution in [2.75, 3.05) is 26.2 Å². The summed E-state index contributed by atoms with van der Waals surface area (Å²) in [5, 5.41) is 4.16. The molecule has 1 fully saturated rings. The van der Waals surface area contributed by atoms with Crippen LogP contribution in [0.15, 0.2) is 18.5 Å². The number of likely N-dealkylation sites (tertiary alicyclic amines) is 1. The van der Waals surface area contributed by atoms with Gasteiger partial charge in [0.2, 0.25) is 0 Å². The Morgan fingerprint density at radius 3 is 2.94 bits per heavy atom. The molecule has 3 nitrogen and oxygen atoms in total. The fraction of sp³-hybridized carbons (Fsp3) is 0.583. The second kappa shape index (κ2) is 6.18. The molecule has 0 atom stereocenters. The van der Waals surface area contributed by atoms with Gasteiger partial charge in [-0.05, 0) is 37.6 Å². The van der Waals surface area contributed by atoms with Crippen molar-refractivity contribution in [1.82, 2.24) is 15.2 Å². The molecule has 1 aromatic rings. The molecule has 0 aliphatic carbocycles. The van der Waals surface area contributed by atoms with Gasteiger partial charge in [-0.15, -0.1) is 0 Å². The molecule has 2 rings (SSSR count). The lowest BCUT2D eigenvalue weighted by atomic mass is 10.2. The fourth-order valence-electron chi connectivity index (χ4n) is 2.01. The summed E-state index contributed by atoms with van der Waals surface area (Å²) >= 11 is 6.02. The third kappa shape index (κ3) is 3.44. The summed E-state index contributed by atoms with van der Waals surface area (Å²) in [5.74, 6) is 0. The minimum absolute atomic E-state index is 0.746. The molecule has 2 heterocycles. The van der Waals surface area contributed by atoms with Crippen LogP contribution in [0.4, 0.5) is 0 Å². The Balaban J connectivity index is 1.66. The molecule has 1 aromatic heterocycles. The van der Waals surface area contributed by atoms with Crippen molar-refractivity contribution in [3.8, 4) is 0 Å². The number of nitrogens with one attached hydrogen (secondary N) is 1. The number of hydrogen-bond donors (Lipinski definition) is 1. The zero-order chi connectivity index (χ0) is 11.2. The predicted octanol–water partition coefficient (Wildman–Crippen LogP) is 1.92. The van der Waals surface area contributed by atoms with Crippen LogP contribution in [0.25, 0.3) is 0 Å². The van der Waals surface area contributed by atoms with Gasteiger partial charge in [0, 0.05) is 32.0 Å². The summed E-state index contributed by atoms with van der Waals surface area (Å²) in [6.07, 6.45) is 6.19. The SMILES string of the molecule is Clc1cnccc1CNCCN1CCCC1. The summed E-state index contributed by atoms with van der Waals surface area (Å²) in [7, 11) is 0. The lowest BCUT2D eigenvalue weighted by Crippen LogP contribution is -2.29. The Labute approximate surface area is 102 Å². The molecule has 0 spiro atoms. The van der Waals surface area contributed by atoms with E-state index in [1.807, 2.05) is 6.07 Å². The Kier molecular flexibility index (Phi) is 4.57. The standard InChI is InChI=1S/C12H18ClN3/c13-12-10-14-4-3-11(12)9-15-5-8-16-6-1-2-7-16/h3-4,10,15H,1-2,5-9H2. The number of hydrogen-bond acceptors (Lipinski definition) is 3. The minimum Gasteiger partial charge on any atom is -0.311 e. The van der Waals surface area contributed by atoms with Crippen LogP contribution in [0.5, 0.6) is 0 Å². The largest absolute Gasteiger partial charge is 0.311 e. The molecule has 88 valence electrons. The van der Waals surface area contributed by atoms with Gasteiger partial charge in [-0.25, -0.2) is 0 Å². The van der Waals surface area contributed by atoms with Crippen LogP contribution in [0, 0.1) is 0 Å². The van der Waals surface area contributed by atoms with Gasteiger partial charge >= 0.3 is 0 Å². The van der Waals surface area contributed by atoms with Crippen molar-refractivity contribution in [2.24, 2.45) is 0 Å². The summed E-state index contributed by atoms with van der Waals surface area (Å²) in [5.41, 5.74) is 1.12. The zero-order valence-corrected chi connectivity index (χ0v) is 10.2. The lowest BCUT2D eigenvalue weighted by Gasteiger charge is -2.14. The summed E-state index contributed by atoms with van der Waals surface area (Å²) < 4.78 is 0. The second-order valence-electron chi connectivity index (χ2n) is 4.19. The molecule has 16 heavy (non-hydrogen) atoms. The van der Waals surface area contributed by atoms with Crippen LogP contribution >= 0.6 is 11.6 Å². The fourth-order valence-corrected chi connectivity index (χ4v) is 2.20. The number of halogens is 1. The smallest absolute Gasteiger partial charge is 0.0634 e. The van der Waals surface area contributed by atoms with Crippen molar-refractivity contribution >= 4 is 11.6 Å². The molecule has 1 aliphatic rings. The molecule has 1 saturated heterocycles. The Morgan fingerprint density at radius 1 is 1.38 bits per heavy atom.